The smallest absolute Gasteiger partial charge is 0.338 e. The first-order chi connectivity index (χ1) is 10.2. The first kappa shape index (κ1) is 15.4. The predicted octanol–water partition coefficient (Wildman–Crippen LogP) is 2.30. The maximum atomic E-state index is 11.8. The van der Waals surface area contributed by atoms with E-state index >= 15 is 0 Å². The van der Waals surface area contributed by atoms with Crippen LogP contribution in [0.2, 0.25) is 0 Å². The van der Waals surface area contributed by atoms with Crippen molar-refractivity contribution in [1.29, 1.82) is 0 Å². The molecule has 1 N–H and O–H groups in total. The van der Waals surface area contributed by atoms with Gasteiger partial charge in [-0.3, -0.25) is 4.79 Å². The Hall–Kier alpha value is -2.04. The van der Waals surface area contributed by atoms with Gasteiger partial charge in [0.1, 0.15) is 5.75 Å². The van der Waals surface area contributed by atoms with Crippen LogP contribution in [-0.2, 0) is 9.53 Å². The van der Waals surface area contributed by atoms with E-state index in [1.54, 1.807) is 31.2 Å². The number of rotatable bonds is 6. The molecule has 0 radical (unpaired) electrons. The number of esters is 1. The summed E-state index contributed by atoms with van der Waals surface area (Å²) in [4.78, 5) is 23.4. The van der Waals surface area contributed by atoms with Crippen molar-refractivity contribution in [2.45, 2.75) is 38.6 Å². The molecule has 1 aliphatic rings. The molecule has 114 valence electrons. The third-order valence-electron chi connectivity index (χ3n) is 3.44. The highest BCUT2D eigenvalue weighted by molar-refractivity contribution is 5.89. The van der Waals surface area contributed by atoms with Gasteiger partial charge in [0.05, 0.1) is 12.2 Å². The number of carbonyl (C=O) groups is 2. The van der Waals surface area contributed by atoms with E-state index in [0.717, 1.165) is 12.8 Å². The number of hydrogen-bond acceptors (Lipinski definition) is 4. The molecule has 0 aliphatic heterocycles. The Balaban J connectivity index is 1.83. The van der Waals surface area contributed by atoms with Crippen molar-refractivity contribution in [3.8, 4) is 5.75 Å². The predicted molar refractivity (Wildman–Crippen MR) is 78.3 cm³/mol. The molecule has 0 saturated heterocycles. The van der Waals surface area contributed by atoms with Crippen LogP contribution in [0.1, 0.15) is 43.0 Å². The van der Waals surface area contributed by atoms with Crippen LogP contribution >= 0.6 is 0 Å². The average molecular weight is 291 g/mol. The van der Waals surface area contributed by atoms with Gasteiger partial charge < -0.3 is 14.8 Å². The van der Waals surface area contributed by atoms with Gasteiger partial charge in [0, 0.05) is 6.04 Å². The summed E-state index contributed by atoms with van der Waals surface area (Å²) in [7, 11) is 0. The molecule has 5 heteroatoms. The number of amides is 1. The Morgan fingerprint density at radius 2 is 2.05 bits per heavy atom. The summed E-state index contributed by atoms with van der Waals surface area (Å²) in [6.45, 7) is 2.04. The molecule has 1 aromatic carbocycles. The van der Waals surface area contributed by atoms with E-state index in [1.165, 1.54) is 12.8 Å². The molecule has 2 rings (SSSR count). The van der Waals surface area contributed by atoms with Crippen LogP contribution in [0.5, 0.6) is 5.75 Å². The topological polar surface area (TPSA) is 64.6 Å². The molecule has 1 aromatic rings. The van der Waals surface area contributed by atoms with E-state index in [2.05, 4.69) is 5.32 Å². The molecular formula is C16H21NO4. The number of benzene rings is 1. The molecule has 1 saturated carbocycles. The van der Waals surface area contributed by atoms with E-state index in [-0.39, 0.29) is 18.6 Å². The third kappa shape index (κ3) is 4.77. The second-order valence-electron chi connectivity index (χ2n) is 5.09. The molecule has 21 heavy (non-hydrogen) atoms. The minimum atomic E-state index is -0.390. The molecule has 1 fully saturated rings. The number of ether oxygens (including phenoxy) is 2. The fraction of sp³-hybridized carbons (Fsp3) is 0.500. The Morgan fingerprint density at radius 1 is 1.29 bits per heavy atom. The third-order valence-corrected chi connectivity index (χ3v) is 3.44. The molecule has 0 atom stereocenters. The van der Waals surface area contributed by atoms with Crippen molar-refractivity contribution in [2.24, 2.45) is 0 Å². The van der Waals surface area contributed by atoms with Gasteiger partial charge in [0.2, 0.25) is 0 Å². The lowest BCUT2D eigenvalue weighted by Crippen LogP contribution is -2.36. The van der Waals surface area contributed by atoms with Crippen molar-refractivity contribution in [3.63, 3.8) is 0 Å². The Kier molecular flexibility index (Phi) is 5.60. The van der Waals surface area contributed by atoms with Crippen molar-refractivity contribution >= 4 is 11.9 Å². The van der Waals surface area contributed by atoms with Crippen molar-refractivity contribution < 1.29 is 19.1 Å². The van der Waals surface area contributed by atoms with Gasteiger partial charge in [-0.1, -0.05) is 18.9 Å². The maximum absolute atomic E-state index is 11.8. The number of carbonyl (C=O) groups excluding carboxylic acids is 2. The lowest BCUT2D eigenvalue weighted by Gasteiger charge is -2.12. The van der Waals surface area contributed by atoms with Gasteiger partial charge in [-0.05, 0) is 38.0 Å². The van der Waals surface area contributed by atoms with Crippen molar-refractivity contribution in [2.75, 3.05) is 13.2 Å². The number of nitrogens with one attached hydrogen (secondary N) is 1. The molecule has 5 nitrogen and oxygen atoms in total. The molecule has 0 aromatic heterocycles. The van der Waals surface area contributed by atoms with Crippen LogP contribution in [0.3, 0.4) is 0 Å². The van der Waals surface area contributed by atoms with Crippen LogP contribution in [0.15, 0.2) is 24.3 Å². The van der Waals surface area contributed by atoms with E-state index in [1.807, 2.05) is 0 Å². The van der Waals surface area contributed by atoms with Gasteiger partial charge in [0.25, 0.3) is 5.91 Å². The van der Waals surface area contributed by atoms with Crippen molar-refractivity contribution in [3.05, 3.63) is 29.8 Å². The Labute approximate surface area is 124 Å². The van der Waals surface area contributed by atoms with Crippen LogP contribution in [-0.4, -0.2) is 31.1 Å². The fourth-order valence-corrected chi connectivity index (χ4v) is 2.42. The van der Waals surface area contributed by atoms with Crippen LogP contribution in [0.25, 0.3) is 0 Å². The van der Waals surface area contributed by atoms with E-state index in [0.29, 0.717) is 17.9 Å². The second-order valence-corrected chi connectivity index (χ2v) is 5.09. The standard InChI is InChI=1S/C16H21NO4/c1-2-20-16(19)12-6-5-9-14(10-12)21-11-15(18)17-13-7-3-4-8-13/h5-6,9-10,13H,2-4,7-8,11H2,1H3,(H,17,18). The van der Waals surface area contributed by atoms with Crippen molar-refractivity contribution in [1.82, 2.24) is 5.32 Å². The van der Waals surface area contributed by atoms with Crippen LogP contribution in [0, 0.1) is 0 Å². The second kappa shape index (κ2) is 7.67. The molecule has 0 spiro atoms. The molecular weight excluding hydrogens is 270 g/mol. The average Bonchev–Trinajstić information content (AvgIpc) is 2.98. The summed E-state index contributed by atoms with van der Waals surface area (Å²) >= 11 is 0. The molecule has 0 unspecified atom stereocenters. The largest absolute Gasteiger partial charge is 0.484 e. The highest BCUT2D eigenvalue weighted by Crippen LogP contribution is 2.18. The summed E-state index contributed by atoms with van der Waals surface area (Å²) < 4.78 is 10.4. The molecule has 1 aliphatic carbocycles. The SMILES string of the molecule is CCOC(=O)c1cccc(OCC(=O)NC2CCCC2)c1. The first-order valence-corrected chi connectivity index (χ1v) is 7.38. The first-order valence-electron chi connectivity index (χ1n) is 7.38. The Morgan fingerprint density at radius 3 is 2.76 bits per heavy atom. The Bertz CT molecular complexity index is 495. The van der Waals surface area contributed by atoms with E-state index in [9.17, 15) is 9.59 Å². The zero-order chi connectivity index (χ0) is 15.1. The van der Waals surface area contributed by atoms with Gasteiger partial charge in [0.15, 0.2) is 6.61 Å². The zero-order valence-electron chi connectivity index (χ0n) is 12.3. The highest BCUT2D eigenvalue weighted by atomic mass is 16.5. The lowest BCUT2D eigenvalue weighted by molar-refractivity contribution is -0.123. The van der Waals surface area contributed by atoms with E-state index < -0.39 is 5.97 Å². The van der Waals surface area contributed by atoms with Crippen LogP contribution < -0.4 is 10.1 Å². The lowest BCUT2D eigenvalue weighted by atomic mass is 10.2. The molecule has 0 bridgehead atoms. The van der Waals surface area contributed by atoms with Gasteiger partial charge >= 0.3 is 5.97 Å². The maximum Gasteiger partial charge on any atom is 0.338 e. The summed E-state index contributed by atoms with van der Waals surface area (Å²) in [5.74, 6) is -0.0241. The molecule has 1 amide bonds. The summed E-state index contributed by atoms with van der Waals surface area (Å²) in [5, 5.41) is 2.95. The van der Waals surface area contributed by atoms with E-state index in [4.69, 9.17) is 9.47 Å². The summed E-state index contributed by atoms with van der Waals surface area (Å²) in [6, 6.07) is 6.94. The minimum Gasteiger partial charge on any atom is -0.484 e. The minimum absolute atomic E-state index is 0.0389. The van der Waals surface area contributed by atoms with Crippen LogP contribution in [0.4, 0.5) is 0 Å². The molecule has 0 heterocycles. The van der Waals surface area contributed by atoms with Gasteiger partial charge in [-0.25, -0.2) is 4.79 Å². The normalized spacial score (nSPS) is 14.7. The quantitative estimate of drug-likeness (QED) is 0.817. The zero-order valence-corrected chi connectivity index (χ0v) is 12.3. The highest BCUT2D eigenvalue weighted by Gasteiger charge is 2.17. The summed E-state index contributed by atoms with van der Waals surface area (Å²) in [5.41, 5.74) is 0.422. The number of hydrogen-bond donors (Lipinski definition) is 1. The fourth-order valence-electron chi connectivity index (χ4n) is 2.42. The van der Waals surface area contributed by atoms with Gasteiger partial charge in [-0.15, -0.1) is 0 Å². The summed E-state index contributed by atoms with van der Waals surface area (Å²) in [6.07, 6.45) is 4.44. The monoisotopic (exact) mass is 291 g/mol. The van der Waals surface area contributed by atoms with Gasteiger partial charge in [-0.2, -0.15) is 0 Å².